The van der Waals surface area contributed by atoms with E-state index in [1.54, 1.807) is 13.0 Å². The van der Waals surface area contributed by atoms with Crippen molar-refractivity contribution in [1.29, 1.82) is 0 Å². The summed E-state index contributed by atoms with van der Waals surface area (Å²) < 4.78 is 41.9. The molecule has 134 valence electrons. The number of nitrogens with one attached hydrogen (secondary N) is 1. The summed E-state index contributed by atoms with van der Waals surface area (Å²) >= 11 is 0. The minimum absolute atomic E-state index is 0.0824. The third-order valence-electron chi connectivity index (χ3n) is 3.63. The van der Waals surface area contributed by atoms with Crippen LogP contribution in [0.15, 0.2) is 57.9 Å². The number of hydrogen-bond donors (Lipinski definition) is 2. The molecule has 3 aromatic rings. The molecule has 1 aromatic heterocycles. The van der Waals surface area contributed by atoms with Crippen molar-refractivity contribution >= 4 is 21.6 Å². The number of aromatic nitrogens is 1. The lowest BCUT2D eigenvalue weighted by atomic mass is 10.1. The molecular weight excluding hydrogens is 361 g/mol. The van der Waals surface area contributed by atoms with Gasteiger partial charge in [-0.2, -0.15) is 0 Å². The highest BCUT2D eigenvalue weighted by Crippen LogP contribution is 2.24. The van der Waals surface area contributed by atoms with Crippen molar-refractivity contribution < 1.29 is 22.1 Å². The fourth-order valence-corrected chi connectivity index (χ4v) is 3.16. The summed E-state index contributed by atoms with van der Waals surface area (Å²) in [7, 11) is -3.92. The molecule has 0 bridgehead atoms. The third-order valence-corrected chi connectivity index (χ3v) is 4.69. The molecule has 0 aliphatic carbocycles. The topological polar surface area (TPSA) is 115 Å². The van der Waals surface area contributed by atoms with Crippen LogP contribution in [0.25, 0.3) is 11.3 Å². The maximum Gasteiger partial charge on any atom is 0.277 e. The first-order valence-corrected chi connectivity index (χ1v) is 8.97. The number of carbonyl (C=O) groups excluding carboxylic acids is 1. The predicted octanol–water partition coefficient (Wildman–Crippen LogP) is 2.69. The van der Waals surface area contributed by atoms with E-state index in [1.807, 2.05) is 0 Å². The van der Waals surface area contributed by atoms with E-state index in [1.165, 1.54) is 42.5 Å². The molecule has 0 aliphatic rings. The van der Waals surface area contributed by atoms with Crippen molar-refractivity contribution in [1.82, 2.24) is 5.16 Å². The van der Waals surface area contributed by atoms with E-state index in [2.05, 4.69) is 10.5 Å². The Hall–Kier alpha value is -3.04. The Morgan fingerprint density at radius 2 is 1.92 bits per heavy atom. The van der Waals surface area contributed by atoms with Crippen molar-refractivity contribution in [2.45, 2.75) is 11.8 Å². The zero-order valence-electron chi connectivity index (χ0n) is 13.6. The summed E-state index contributed by atoms with van der Waals surface area (Å²) in [5, 5.41) is 11.3. The second-order valence-corrected chi connectivity index (χ2v) is 7.07. The molecule has 0 atom stereocenters. The van der Waals surface area contributed by atoms with E-state index in [0.29, 0.717) is 5.56 Å². The molecule has 0 spiro atoms. The molecular formula is C17H14FN3O4S. The van der Waals surface area contributed by atoms with Crippen LogP contribution in [0.3, 0.4) is 0 Å². The first-order valence-electron chi connectivity index (χ1n) is 7.42. The lowest BCUT2D eigenvalue weighted by molar-refractivity contribution is 0.101. The molecule has 0 fully saturated rings. The Morgan fingerprint density at radius 3 is 2.62 bits per heavy atom. The highest BCUT2D eigenvalue weighted by molar-refractivity contribution is 7.89. The van der Waals surface area contributed by atoms with Gasteiger partial charge in [0, 0.05) is 11.8 Å². The second kappa shape index (κ2) is 6.70. The van der Waals surface area contributed by atoms with Crippen molar-refractivity contribution in [3.8, 4) is 11.3 Å². The SMILES string of the molecule is Cc1ccc(NC(=O)c2cc(-c3ccccc3F)on2)cc1S(N)(=O)=O. The Kier molecular flexibility index (Phi) is 4.58. The Balaban J connectivity index is 1.85. The summed E-state index contributed by atoms with van der Waals surface area (Å²) in [6.45, 7) is 1.59. The third kappa shape index (κ3) is 3.63. The summed E-state index contributed by atoms with van der Waals surface area (Å²) in [6, 6.07) is 11.5. The molecule has 26 heavy (non-hydrogen) atoms. The van der Waals surface area contributed by atoms with Gasteiger partial charge in [0.1, 0.15) is 5.82 Å². The van der Waals surface area contributed by atoms with Gasteiger partial charge < -0.3 is 9.84 Å². The zero-order chi connectivity index (χ0) is 18.9. The Morgan fingerprint density at radius 1 is 1.19 bits per heavy atom. The van der Waals surface area contributed by atoms with Gasteiger partial charge in [-0.15, -0.1) is 0 Å². The van der Waals surface area contributed by atoms with E-state index in [9.17, 15) is 17.6 Å². The summed E-state index contributed by atoms with van der Waals surface area (Å²) in [6.07, 6.45) is 0. The molecule has 3 rings (SSSR count). The van der Waals surface area contributed by atoms with E-state index >= 15 is 0 Å². The average molecular weight is 375 g/mol. The molecule has 0 unspecified atom stereocenters. The highest BCUT2D eigenvalue weighted by atomic mass is 32.2. The maximum absolute atomic E-state index is 13.8. The molecule has 1 amide bonds. The number of nitrogens with zero attached hydrogens (tertiary/aromatic N) is 1. The van der Waals surface area contributed by atoms with Crippen LogP contribution in [0.2, 0.25) is 0 Å². The lowest BCUT2D eigenvalue weighted by Gasteiger charge is -2.07. The molecule has 0 saturated heterocycles. The number of carbonyl (C=O) groups is 1. The quantitative estimate of drug-likeness (QED) is 0.727. The number of sulfonamides is 1. The number of rotatable bonds is 4. The molecule has 0 radical (unpaired) electrons. The fourth-order valence-electron chi connectivity index (χ4n) is 2.35. The number of aryl methyl sites for hydroxylation is 1. The van der Waals surface area contributed by atoms with Crippen molar-refractivity contribution in [3.05, 3.63) is 65.6 Å². The number of nitrogens with two attached hydrogens (primary N) is 1. The van der Waals surface area contributed by atoms with Crippen LogP contribution in [0.4, 0.5) is 10.1 Å². The molecule has 1 heterocycles. The molecule has 3 N–H and O–H groups in total. The summed E-state index contributed by atoms with van der Waals surface area (Å²) in [5.74, 6) is -1.05. The van der Waals surface area contributed by atoms with Gasteiger partial charge >= 0.3 is 0 Å². The number of hydrogen-bond acceptors (Lipinski definition) is 5. The zero-order valence-corrected chi connectivity index (χ0v) is 14.4. The lowest BCUT2D eigenvalue weighted by Crippen LogP contribution is -2.16. The van der Waals surface area contributed by atoms with Crippen LogP contribution < -0.4 is 10.5 Å². The summed E-state index contributed by atoms with van der Waals surface area (Å²) in [5.41, 5.74) is 0.765. The van der Waals surface area contributed by atoms with Crippen molar-refractivity contribution in [3.63, 3.8) is 0 Å². The van der Waals surface area contributed by atoms with Crippen LogP contribution in [0.1, 0.15) is 16.1 Å². The number of anilines is 1. The molecule has 9 heteroatoms. The normalized spacial score (nSPS) is 11.3. The number of halogens is 1. The second-order valence-electron chi connectivity index (χ2n) is 5.54. The molecule has 0 aliphatic heterocycles. The van der Waals surface area contributed by atoms with Gasteiger partial charge in [0.05, 0.1) is 10.5 Å². The van der Waals surface area contributed by atoms with E-state index in [0.717, 1.165) is 0 Å². The highest BCUT2D eigenvalue weighted by Gasteiger charge is 2.17. The van der Waals surface area contributed by atoms with Crippen LogP contribution in [-0.2, 0) is 10.0 Å². The predicted molar refractivity (Wildman–Crippen MR) is 92.4 cm³/mol. The van der Waals surface area contributed by atoms with E-state index in [-0.39, 0.29) is 27.6 Å². The maximum atomic E-state index is 13.8. The van der Waals surface area contributed by atoms with E-state index in [4.69, 9.17) is 9.66 Å². The van der Waals surface area contributed by atoms with Crippen LogP contribution in [-0.4, -0.2) is 19.5 Å². The number of primary sulfonamides is 1. The van der Waals surface area contributed by atoms with Crippen molar-refractivity contribution in [2.24, 2.45) is 5.14 Å². The molecule has 2 aromatic carbocycles. The van der Waals surface area contributed by atoms with Crippen LogP contribution in [0, 0.1) is 12.7 Å². The smallest absolute Gasteiger partial charge is 0.277 e. The standard InChI is InChI=1S/C17H14FN3O4S/c1-10-6-7-11(8-16(10)26(19,23)24)20-17(22)14-9-15(25-21-14)12-4-2-3-5-13(12)18/h2-9H,1H3,(H,20,22)(H2,19,23,24). The van der Waals surface area contributed by atoms with Gasteiger partial charge in [-0.1, -0.05) is 23.4 Å². The summed E-state index contributed by atoms with van der Waals surface area (Å²) in [4.78, 5) is 12.2. The van der Waals surface area contributed by atoms with Gasteiger partial charge in [0.15, 0.2) is 11.5 Å². The number of benzene rings is 2. The molecule has 0 saturated carbocycles. The van der Waals surface area contributed by atoms with Crippen LogP contribution in [0.5, 0.6) is 0 Å². The first kappa shape index (κ1) is 17.8. The largest absolute Gasteiger partial charge is 0.355 e. The molecule has 7 nitrogen and oxygen atoms in total. The Bertz CT molecular complexity index is 1090. The first-order chi connectivity index (χ1) is 12.3. The minimum atomic E-state index is -3.92. The van der Waals surface area contributed by atoms with Gasteiger partial charge in [0.25, 0.3) is 5.91 Å². The average Bonchev–Trinajstić information content (AvgIpc) is 3.06. The van der Waals surface area contributed by atoms with Gasteiger partial charge in [0.2, 0.25) is 10.0 Å². The number of amides is 1. The van der Waals surface area contributed by atoms with E-state index < -0.39 is 21.7 Å². The van der Waals surface area contributed by atoms with Gasteiger partial charge in [-0.25, -0.2) is 17.9 Å². The minimum Gasteiger partial charge on any atom is -0.355 e. The Labute approximate surface area is 148 Å². The van der Waals surface area contributed by atoms with Crippen LogP contribution >= 0.6 is 0 Å². The van der Waals surface area contributed by atoms with Crippen molar-refractivity contribution in [2.75, 3.05) is 5.32 Å². The monoisotopic (exact) mass is 375 g/mol. The van der Waals surface area contributed by atoms with Gasteiger partial charge in [-0.05, 0) is 36.8 Å². The van der Waals surface area contributed by atoms with Gasteiger partial charge in [-0.3, -0.25) is 4.79 Å². The fraction of sp³-hybridized carbons (Fsp3) is 0.0588.